The van der Waals surface area contributed by atoms with E-state index in [-0.39, 0.29) is 22.7 Å². The molecule has 0 aromatic carbocycles. The molecule has 0 heterocycles. The van der Waals surface area contributed by atoms with Gasteiger partial charge in [-0.15, -0.1) is 0 Å². The molecule has 0 N–H and O–H groups in total. The van der Waals surface area contributed by atoms with Crippen molar-refractivity contribution in [2.75, 3.05) is 6.61 Å². The fraction of sp³-hybridized carbons (Fsp3) is 0.933. The van der Waals surface area contributed by atoms with E-state index >= 15 is 0 Å². The van der Waals surface area contributed by atoms with E-state index in [1.807, 2.05) is 0 Å². The summed E-state index contributed by atoms with van der Waals surface area (Å²) in [5.74, 6) is 0.251. The molecule has 0 rings (SSSR count). The van der Waals surface area contributed by atoms with Crippen molar-refractivity contribution in [1.82, 2.24) is 0 Å². The van der Waals surface area contributed by atoms with Crippen LogP contribution in [0.25, 0.3) is 0 Å². The molecule has 0 saturated heterocycles. The van der Waals surface area contributed by atoms with Crippen LogP contribution in [-0.2, 0) is 9.53 Å². The maximum atomic E-state index is 12.2. The predicted molar refractivity (Wildman–Crippen MR) is 73.2 cm³/mol. The molecular weight excluding hydrogens is 212 g/mol. The van der Waals surface area contributed by atoms with Crippen LogP contribution < -0.4 is 0 Å². The molecule has 0 spiro atoms. The van der Waals surface area contributed by atoms with Crippen LogP contribution in [0.3, 0.4) is 0 Å². The van der Waals surface area contributed by atoms with Crippen LogP contribution in [0, 0.1) is 10.8 Å². The quantitative estimate of drug-likeness (QED) is 0.697. The summed E-state index contributed by atoms with van der Waals surface area (Å²) >= 11 is 0. The van der Waals surface area contributed by atoms with Crippen molar-refractivity contribution in [2.24, 2.45) is 10.8 Å². The molecule has 0 saturated carbocycles. The Morgan fingerprint density at radius 2 is 1.59 bits per heavy atom. The molecule has 0 aliphatic heterocycles. The van der Waals surface area contributed by atoms with Gasteiger partial charge in [0.1, 0.15) is 6.10 Å². The van der Waals surface area contributed by atoms with Crippen LogP contribution in [-0.4, -0.2) is 18.5 Å². The van der Waals surface area contributed by atoms with Gasteiger partial charge < -0.3 is 4.74 Å². The van der Waals surface area contributed by atoms with Crippen molar-refractivity contribution in [3.63, 3.8) is 0 Å². The highest BCUT2D eigenvalue weighted by molar-refractivity contribution is 5.83. The van der Waals surface area contributed by atoms with Gasteiger partial charge in [0, 0.05) is 13.0 Å². The fourth-order valence-electron chi connectivity index (χ4n) is 1.72. The van der Waals surface area contributed by atoms with Gasteiger partial charge in [-0.3, -0.25) is 4.79 Å². The average Bonchev–Trinajstić information content (AvgIpc) is 2.07. The van der Waals surface area contributed by atoms with Crippen molar-refractivity contribution < 1.29 is 9.53 Å². The van der Waals surface area contributed by atoms with Gasteiger partial charge >= 0.3 is 0 Å². The molecule has 0 fully saturated rings. The van der Waals surface area contributed by atoms with Crippen LogP contribution >= 0.6 is 0 Å². The Balaban J connectivity index is 4.51. The third-order valence-electron chi connectivity index (χ3n) is 2.38. The predicted octanol–water partition coefficient (Wildman–Crippen LogP) is 4.22. The Morgan fingerprint density at radius 3 is 1.94 bits per heavy atom. The highest BCUT2D eigenvalue weighted by Crippen LogP contribution is 2.27. The summed E-state index contributed by atoms with van der Waals surface area (Å²) in [4.78, 5) is 12.2. The SMILES string of the molecule is CCCOC(CC(C)(C)C)C(=O)CC(C)(C)C. The minimum Gasteiger partial charge on any atom is -0.370 e. The van der Waals surface area contributed by atoms with Crippen molar-refractivity contribution in [2.45, 2.75) is 73.8 Å². The fourth-order valence-corrected chi connectivity index (χ4v) is 1.72. The second kappa shape index (κ2) is 6.53. The summed E-state index contributed by atoms with van der Waals surface area (Å²) < 4.78 is 5.73. The zero-order chi connectivity index (χ0) is 13.7. The molecule has 1 atom stereocenters. The lowest BCUT2D eigenvalue weighted by atomic mass is 9.83. The van der Waals surface area contributed by atoms with Crippen LogP contribution in [0.15, 0.2) is 0 Å². The third kappa shape index (κ3) is 9.34. The molecule has 0 radical (unpaired) electrons. The van der Waals surface area contributed by atoms with E-state index in [1.165, 1.54) is 0 Å². The molecule has 0 aromatic rings. The van der Waals surface area contributed by atoms with Gasteiger partial charge in [0.05, 0.1) is 0 Å². The minimum absolute atomic E-state index is 0.0444. The molecule has 1 unspecified atom stereocenters. The topological polar surface area (TPSA) is 26.3 Å². The van der Waals surface area contributed by atoms with E-state index in [0.717, 1.165) is 12.8 Å². The number of rotatable bonds is 6. The Kier molecular flexibility index (Phi) is 6.39. The maximum absolute atomic E-state index is 12.2. The lowest BCUT2D eigenvalue weighted by Gasteiger charge is -2.27. The van der Waals surface area contributed by atoms with E-state index in [1.54, 1.807) is 0 Å². The standard InChI is InChI=1S/C15H30O2/c1-8-9-17-13(11-15(5,6)7)12(16)10-14(2,3)4/h13H,8-11H2,1-7H3. The first-order valence-electron chi connectivity index (χ1n) is 6.69. The largest absolute Gasteiger partial charge is 0.370 e. The van der Waals surface area contributed by atoms with E-state index < -0.39 is 0 Å². The van der Waals surface area contributed by atoms with Gasteiger partial charge in [0.15, 0.2) is 5.78 Å². The first kappa shape index (κ1) is 16.6. The number of hydrogen-bond acceptors (Lipinski definition) is 2. The molecule has 102 valence electrons. The summed E-state index contributed by atoms with van der Waals surface area (Å²) in [7, 11) is 0. The summed E-state index contributed by atoms with van der Waals surface area (Å²) in [6, 6.07) is 0. The Bertz CT molecular complexity index is 230. The molecule has 0 aliphatic carbocycles. The van der Waals surface area contributed by atoms with Gasteiger partial charge in [-0.1, -0.05) is 48.5 Å². The third-order valence-corrected chi connectivity index (χ3v) is 2.38. The average molecular weight is 242 g/mol. The van der Waals surface area contributed by atoms with Crippen LogP contribution in [0.4, 0.5) is 0 Å². The highest BCUT2D eigenvalue weighted by atomic mass is 16.5. The van der Waals surface area contributed by atoms with E-state index in [2.05, 4.69) is 48.5 Å². The lowest BCUT2D eigenvalue weighted by molar-refractivity contribution is -0.134. The van der Waals surface area contributed by atoms with Gasteiger partial charge in [-0.25, -0.2) is 0 Å². The van der Waals surface area contributed by atoms with Crippen molar-refractivity contribution >= 4 is 5.78 Å². The van der Waals surface area contributed by atoms with Gasteiger partial charge in [0.25, 0.3) is 0 Å². The van der Waals surface area contributed by atoms with Crippen molar-refractivity contribution in [3.05, 3.63) is 0 Å². The molecule has 0 amide bonds. The number of carbonyl (C=O) groups excluding carboxylic acids is 1. The van der Waals surface area contributed by atoms with Crippen molar-refractivity contribution in [1.29, 1.82) is 0 Å². The summed E-state index contributed by atoms with van der Waals surface area (Å²) in [6.45, 7) is 15.5. The molecule has 17 heavy (non-hydrogen) atoms. The number of carbonyl (C=O) groups is 1. The summed E-state index contributed by atoms with van der Waals surface area (Å²) in [6.07, 6.45) is 2.14. The molecule has 0 aliphatic rings. The van der Waals surface area contributed by atoms with Crippen LogP contribution in [0.2, 0.25) is 0 Å². The first-order chi connectivity index (χ1) is 7.55. The second-order valence-corrected chi connectivity index (χ2v) is 7.33. The monoisotopic (exact) mass is 242 g/mol. The van der Waals surface area contributed by atoms with Crippen LogP contribution in [0.5, 0.6) is 0 Å². The molecule has 0 bridgehead atoms. The van der Waals surface area contributed by atoms with E-state index in [9.17, 15) is 4.79 Å². The Hall–Kier alpha value is -0.370. The smallest absolute Gasteiger partial charge is 0.162 e. The maximum Gasteiger partial charge on any atom is 0.162 e. The molecule has 2 heteroatoms. The van der Waals surface area contributed by atoms with Crippen LogP contribution in [0.1, 0.15) is 67.7 Å². The molecule has 2 nitrogen and oxygen atoms in total. The number of ketones is 1. The number of Topliss-reactive ketones (excluding diaryl/α,β-unsaturated/α-hetero) is 1. The number of hydrogen-bond donors (Lipinski definition) is 0. The second-order valence-electron chi connectivity index (χ2n) is 7.33. The highest BCUT2D eigenvalue weighted by Gasteiger charge is 2.28. The summed E-state index contributed by atoms with van der Waals surface area (Å²) in [5, 5.41) is 0. The van der Waals surface area contributed by atoms with Gasteiger partial charge in [-0.05, 0) is 23.7 Å². The lowest BCUT2D eigenvalue weighted by Crippen LogP contribution is -2.32. The van der Waals surface area contributed by atoms with Gasteiger partial charge in [-0.2, -0.15) is 0 Å². The van der Waals surface area contributed by atoms with E-state index in [0.29, 0.717) is 13.0 Å². The first-order valence-corrected chi connectivity index (χ1v) is 6.69. The normalized spacial score (nSPS) is 14.8. The van der Waals surface area contributed by atoms with Gasteiger partial charge in [0.2, 0.25) is 0 Å². The molecular formula is C15H30O2. The Morgan fingerprint density at radius 1 is 1.06 bits per heavy atom. The van der Waals surface area contributed by atoms with Crippen molar-refractivity contribution in [3.8, 4) is 0 Å². The summed E-state index contributed by atoms with van der Waals surface area (Å²) in [5.41, 5.74) is 0.175. The molecule has 0 aromatic heterocycles. The minimum atomic E-state index is -0.228. The Labute approximate surface area is 107 Å². The zero-order valence-corrected chi connectivity index (χ0v) is 12.7. The number of ether oxygens (including phenoxy) is 1. The van der Waals surface area contributed by atoms with E-state index in [4.69, 9.17) is 4.74 Å². The zero-order valence-electron chi connectivity index (χ0n) is 12.7.